The fourth-order valence-electron chi connectivity index (χ4n) is 2.07. The van der Waals surface area contributed by atoms with Gasteiger partial charge in [0.05, 0.1) is 12.2 Å². The van der Waals surface area contributed by atoms with E-state index in [-0.39, 0.29) is 18.3 Å². The van der Waals surface area contributed by atoms with Crippen molar-refractivity contribution < 1.29 is 14.2 Å². The van der Waals surface area contributed by atoms with E-state index < -0.39 is 6.10 Å². The molecule has 0 aromatic heterocycles. The molecule has 0 aliphatic heterocycles. The molecule has 1 atom stereocenters. The van der Waals surface area contributed by atoms with E-state index in [2.05, 4.69) is 0 Å². The molecule has 112 valence electrons. The molecule has 2 aromatic carbocycles. The first-order valence-corrected chi connectivity index (χ1v) is 7.22. The highest BCUT2D eigenvalue weighted by Gasteiger charge is 2.12. The second kappa shape index (κ2) is 6.92. The summed E-state index contributed by atoms with van der Waals surface area (Å²) in [5.74, 6) is 0.395. The van der Waals surface area contributed by atoms with Crippen LogP contribution in [0.15, 0.2) is 42.5 Å². The summed E-state index contributed by atoms with van der Waals surface area (Å²) < 4.78 is 18.8. The zero-order valence-corrected chi connectivity index (χ0v) is 12.8. The first-order chi connectivity index (χ1) is 9.95. The molecule has 2 aromatic rings. The summed E-state index contributed by atoms with van der Waals surface area (Å²) >= 11 is 6.01. The van der Waals surface area contributed by atoms with Crippen LogP contribution in [-0.4, -0.2) is 11.2 Å². The number of aliphatic hydroxyl groups is 1. The minimum absolute atomic E-state index is 0.104. The molecule has 0 aliphatic carbocycles. The van der Waals surface area contributed by atoms with Gasteiger partial charge in [-0.3, -0.25) is 0 Å². The molecule has 0 spiro atoms. The summed E-state index contributed by atoms with van der Waals surface area (Å²) in [6, 6.07) is 11.4. The summed E-state index contributed by atoms with van der Waals surface area (Å²) in [6.07, 6.45) is -0.370. The maximum absolute atomic E-state index is 13.2. The van der Waals surface area contributed by atoms with E-state index in [4.69, 9.17) is 16.3 Å². The highest BCUT2D eigenvalue weighted by Crippen LogP contribution is 2.25. The van der Waals surface area contributed by atoms with Gasteiger partial charge in [-0.1, -0.05) is 23.7 Å². The molecule has 0 radical (unpaired) electrons. The van der Waals surface area contributed by atoms with Gasteiger partial charge in [-0.05, 0) is 55.3 Å². The van der Waals surface area contributed by atoms with Crippen LogP contribution >= 0.6 is 11.6 Å². The molecule has 0 fully saturated rings. The van der Waals surface area contributed by atoms with Crippen LogP contribution in [0.25, 0.3) is 0 Å². The minimum Gasteiger partial charge on any atom is -0.491 e. The van der Waals surface area contributed by atoms with Gasteiger partial charge in [0.15, 0.2) is 0 Å². The molecule has 0 saturated heterocycles. The lowest BCUT2D eigenvalue weighted by molar-refractivity contribution is 0.178. The van der Waals surface area contributed by atoms with E-state index in [0.29, 0.717) is 10.6 Å². The molecule has 21 heavy (non-hydrogen) atoms. The topological polar surface area (TPSA) is 29.5 Å². The van der Waals surface area contributed by atoms with Crippen molar-refractivity contribution >= 4 is 11.6 Å². The third-order valence-corrected chi connectivity index (χ3v) is 3.43. The SMILES string of the molecule is CC(C)Oc1ccc(C(O)Cc2cc(F)ccc2Cl)cc1. The van der Waals surface area contributed by atoms with Crippen LogP contribution in [0.4, 0.5) is 4.39 Å². The lowest BCUT2D eigenvalue weighted by Crippen LogP contribution is -2.06. The Balaban J connectivity index is 2.09. The second-order valence-corrected chi connectivity index (χ2v) is 5.60. The monoisotopic (exact) mass is 308 g/mol. The van der Waals surface area contributed by atoms with Gasteiger partial charge in [0.2, 0.25) is 0 Å². The molecule has 0 bridgehead atoms. The Labute approximate surface area is 129 Å². The minimum atomic E-state index is -0.739. The van der Waals surface area contributed by atoms with E-state index in [1.54, 1.807) is 12.1 Å². The molecule has 0 heterocycles. The maximum atomic E-state index is 13.2. The summed E-state index contributed by atoms with van der Waals surface area (Å²) in [6.45, 7) is 3.91. The number of hydrogen-bond donors (Lipinski definition) is 1. The summed E-state index contributed by atoms with van der Waals surface area (Å²) in [4.78, 5) is 0. The predicted octanol–water partition coefficient (Wildman–Crippen LogP) is 4.54. The quantitative estimate of drug-likeness (QED) is 0.878. The summed E-state index contributed by atoms with van der Waals surface area (Å²) in [7, 11) is 0. The molecule has 1 unspecified atom stereocenters. The van der Waals surface area contributed by atoms with Crippen LogP contribution in [0.2, 0.25) is 5.02 Å². The fraction of sp³-hybridized carbons (Fsp3) is 0.294. The van der Waals surface area contributed by atoms with Crippen LogP contribution in [-0.2, 0) is 6.42 Å². The van der Waals surface area contributed by atoms with Crippen molar-refractivity contribution in [2.45, 2.75) is 32.5 Å². The number of rotatable bonds is 5. The largest absolute Gasteiger partial charge is 0.491 e. The fourth-order valence-corrected chi connectivity index (χ4v) is 2.26. The number of hydrogen-bond acceptors (Lipinski definition) is 2. The maximum Gasteiger partial charge on any atom is 0.123 e. The van der Waals surface area contributed by atoms with Crippen LogP contribution in [0.3, 0.4) is 0 Å². The first kappa shape index (κ1) is 15.8. The number of aliphatic hydroxyl groups excluding tert-OH is 1. The lowest BCUT2D eigenvalue weighted by atomic mass is 10.0. The van der Waals surface area contributed by atoms with Crippen molar-refractivity contribution in [3.63, 3.8) is 0 Å². The molecule has 2 rings (SSSR count). The second-order valence-electron chi connectivity index (χ2n) is 5.19. The van der Waals surface area contributed by atoms with Gasteiger partial charge < -0.3 is 9.84 Å². The molecule has 0 saturated carbocycles. The van der Waals surface area contributed by atoms with Gasteiger partial charge in [-0.15, -0.1) is 0 Å². The zero-order chi connectivity index (χ0) is 15.4. The smallest absolute Gasteiger partial charge is 0.123 e. The van der Waals surface area contributed by atoms with Gasteiger partial charge in [-0.25, -0.2) is 4.39 Å². The third-order valence-electron chi connectivity index (χ3n) is 3.06. The molecule has 0 amide bonds. The Hall–Kier alpha value is -1.58. The Morgan fingerprint density at radius 3 is 2.43 bits per heavy atom. The van der Waals surface area contributed by atoms with Crippen LogP contribution < -0.4 is 4.74 Å². The summed E-state index contributed by atoms with van der Waals surface area (Å²) in [5, 5.41) is 10.7. The summed E-state index contributed by atoms with van der Waals surface area (Å²) in [5.41, 5.74) is 1.33. The van der Waals surface area contributed by atoms with E-state index in [1.165, 1.54) is 18.2 Å². The van der Waals surface area contributed by atoms with Crippen molar-refractivity contribution in [2.75, 3.05) is 0 Å². The highest BCUT2D eigenvalue weighted by molar-refractivity contribution is 6.31. The first-order valence-electron chi connectivity index (χ1n) is 6.84. The number of ether oxygens (including phenoxy) is 1. The predicted molar refractivity (Wildman–Crippen MR) is 82.3 cm³/mol. The lowest BCUT2D eigenvalue weighted by Gasteiger charge is -2.14. The van der Waals surface area contributed by atoms with E-state index >= 15 is 0 Å². The molecule has 2 nitrogen and oxygen atoms in total. The Morgan fingerprint density at radius 1 is 1.14 bits per heavy atom. The molecule has 1 N–H and O–H groups in total. The standard InChI is InChI=1S/C17H18ClFO2/c1-11(2)21-15-6-3-12(4-7-15)17(20)10-13-9-14(19)5-8-16(13)18/h3-9,11,17,20H,10H2,1-2H3. The van der Waals surface area contributed by atoms with Crippen molar-refractivity contribution in [1.29, 1.82) is 0 Å². The average molecular weight is 309 g/mol. The van der Waals surface area contributed by atoms with Gasteiger partial charge in [0.1, 0.15) is 11.6 Å². The van der Waals surface area contributed by atoms with Crippen LogP contribution in [0.5, 0.6) is 5.75 Å². The molecule has 4 heteroatoms. The Kier molecular flexibility index (Phi) is 5.21. The average Bonchev–Trinajstić information content (AvgIpc) is 2.43. The number of benzene rings is 2. The van der Waals surface area contributed by atoms with Gasteiger partial charge in [-0.2, -0.15) is 0 Å². The zero-order valence-electron chi connectivity index (χ0n) is 12.0. The molecular weight excluding hydrogens is 291 g/mol. The van der Waals surface area contributed by atoms with Gasteiger partial charge in [0.25, 0.3) is 0 Å². The van der Waals surface area contributed by atoms with E-state index in [1.807, 2.05) is 26.0 Å². The molecular formula is C17H18ClFO2. The number of halogens is 2. The van der Waals surface area contributed by atoms with E-state index in [0.717, 1.165) is 11.3 Å². The van der Waals surface area contributed by atoms with Crippen LogP contribution in [0, 0.1) is 5.82 Å². The van der Waals surface area contributed by atoms with Crippen molar-refractivity contribution in [2.24, 2.45) is 0 Å². The Morgan fingerprint density at radius 2 is 1.81 bits per heavy atom. The van der Waals surface area contributed by atoms with Crippen LogP contribution in [0.1, 0.15) is 31.1 Å². The van der Waals surface area contributed by atoms with Crippen molar-refractivity contribution in [3.05, 3.63) is 64.4 Å². The van der Waals surface area contributed by atoms with E-state index in [9.17, 15) is 9.50 Å². The third kappa shape index (κ3) is 4.45. The van der Waals surface area contributed by atoms with Crippen molar-refractivity contribution in [3.8, 4) is 5.75 Å². The highest BCUT2D eigenvalue weighted by atomic mass is 35.5. The molecule has 0 aliphatic rings. The van der Waals surface area contributed by atoms with Crippen molar-refractivity contribution in [1.82, 2.24) is 0 Å². The van der Waals surface area contributed by atoms with Gasteiger partial charge >= 0.3 is 0 Å². The normalized spacial score (nSPS) is 12.5. The van der Waals surface area contributed by atoms with Gasteiger partial charge in [0, 0.05) is 11.4 Å². The Bertz CT molecular complexity index is 596.